The van der Waals surface area contributed by atoms with Crippen molar-refractivity contribution < 1.29 is 18.3 Å². The first-order chi connectivity index (χ1) is 7.09. The molecule has 0 spiro atoms. The van der Waals surface area contributed by atoms with Gasteiger partial charge in [0.15, 0.2) is 11.4 Å². The predicted molar refractivity (Wildman–Crippen MR) is 51.5 cm³/mol. The number of fused-ring (bicyclic) bond motifs is 1. The summed E-state index contributed by atoms with van der Waals surface area (Å²) in [6.45, 7) is 1.55. The Hall–Kier alpha value is -1.42. The molecule has 4 heteroatoms. The summed E-state index contributed by atoms with van der Waals surface area (Å²) in [6, 6.07) is 2.28. The third kappa shape index (κ3) is 1.72. The van der Waals surface area contributed by atoms with E-state index in [9.17, 15) is 13.9 Å². The lowest BCUT2D eigenvalue weighted by molar-refractivity contribution is 0.194. The summed E-state index contributed by atoms with van der Waals surface area (Å²) in [7, 11) is 0. The van der Waals surface area contributed by atoms with Crippen LogP contribution in [0.1, 0.15) is 12.5 Å². The summed E-state index contributed by atoms with van der Waals surface area (Å²) in [4.78, 5) is 0. The van der Waals surface area contributed by atoms with Crippen LogP contribution in [0.4, 0.5) is 8.78 Å². The van der Waals surface area contributed by atoms with Gasteiger partial charge in [-0.05, 0) is 13.0 Å². The second kappa shape index (κ2) is 3.62. The van der Waals surface area contributed by atoms with Gasteiger partial charge in [-0.25, -0.2) is 8.78 Å². The Balaban J connectivity index is 2.65. The molecule has 0 saturated carbocycles. The Morgan fingerprint density at radius 2 is 2.13 bits per heavy atom. The Morgan fingerprint density at radius 1 is 1.40 bits per heavy atom. The third-order valence-corrected chi connectivity index (χ3v) is 2.25. The van der Waals surface area contributed by atoms with Crippen LogP contribution in [0.5, 0.6) is 0 Å². The van der Waals surface area contributed by atoms with Gasteiger partial charge in [-0.2, -0.15) is 0 Å². The average Bonchev–Trinajstić information content (AvgIpc) is 2.60. The number of benzene rings is 1. The molecule has 1 aromatic carbocycles. The van der Waals surface area contributed by atoms with E-state index in [2.05, 4.69) is 0 Å². The van der Waals surface area contributed by atoms with Crippen molar-refractivity contribution in [2.45, 2.75) is 19.4 Å². The topological polar surface area (TPSA) is 33.4 Å². The first-order valence-corrected chi connectivity index (χ1v) is 4.61. The van der Waals surface area contributed by atoms with Gasteiger partial charge in [-0.3, -0.25) is 0 Å². The van der Waals surface area contributed by atoms with Crippen LogP contribution in [-0.4, -0.2) is 11.2 Å². The first kappa shape index (κ1) is 10.1. The zero-order valence-corrected chi connectivity index (χ0v) is 8.13. The lowest BCUT2D eigenvalue weighted by Gasteiger charge is -2.07. The highest BCUT2D eigenvalue weighted by Crippen LogP contribution is 2.26. The number of rotatable bonds is 2. The number of hydrogen-bond acceptors (Lipinski definition) is 2. The quantitative estimate of drug-likeness (QED) is 0.830. The lowest BCUT2D eigenvalue weighted by Crippen LogP contribution is -2.06. The zero-order valence-electron chi connectivity index (χ0n) is 8.13. The molecule has 0 fully saturated rings. The van der Waals surface area contributed by atoms with Gasteiger partial charge in [0.1, 0.15) is 5.82 Å². The number of aliphatic hydroxyl groups excluding tert-OH is 1. The fourth-order valence-electron chi connectivity index (χ4n) is 1.63. The Bertz CT molecular complexity index is 489. The van der Waals surface area contributed by atoms with Gasteiger partial charge in [-0.1, -0.05) is 0 Å². The van der Waals surface area contributed by atoms with E-state index in [1.807, 2.05) is 0 Å². The zero-order chi connectivity index (χ0) is 11.0. The largest absolute Gasteiger partial charge is 0.461 e. The van der Waals surface area contributed by atoms with Crippen molar-refractivity contribution in [3.05, 3.63) is 35.6 Å². The molecule has 0 radical (unpaired) electrons. The Morgan fingerprint density at radius 3 is 2.80 bits per heavy atom. The maximum absolute atomic E-state index is 13.4. The fraction of sp³-hybridized carbons (Fsp3) is 0.273. The van der Waals surface area contributed by atoms with Crippen LogP contribution < -0.4 is 0 Å². The number of aliphatic hydroxyl groups is 1. The molecule has 0 bridgehead atoms. The average molecular weight is 212 g/mol. The molecule has 1 unspecified atom stereocenters. The standard InChI is InChI=1S/C11H10F2O2/c1-6(14)4-8-7-2-3-15-11(7)10(13)5-9(8)12/h2-3,5-6,14H,4H2,1H3. The maximum atomic E-state index is 13.4. The minimum atomic E-state index is -0.721. The highest BCUT2D eigenvalue weighted by Gasteiger charge is 2.15. The summed E-state index contributed by atoms with van der Waals surface area (Å²) in [6.07, 6.45) is 0.768. The van der Waals surface area contributed by atoms with Crippen LogP contribution in [0.3, 0.4) is 0 Å². The molecule has 1 N–H and O–H groups in total. The van der Waals surface area contributed by atoms with Crippen LogP contribution in [0, 0.1) is 11.6 Å². The number of furan rings is 1. The van der Waals surface area contributed by atoms with Crippen molar-refractivity contribution in [2.24, 2.45) is 0 Å². The van der Waals surface area contributed by atoms with Crippen molar-refractivity contribution in [3.63, 3.8) is 0 Å². The second-order valence-electron chi connectivity index (χ2n) is 3.54. The van der Waals surface area contributed by atoms with E-state index in [0.717, 1.165) is 6.07 Å². The maximum Gasteiger partial charge on any atom is 0.169 e. The van der Waals surface area contributed by atoms with E-state index >= 15 is 0 Å². The molecule has 0 aliphatic rings. The van der Waals surface area contributed by atoms with E-state index < -0.39 is 17.7 Å². The first-order valence-electron chi connectivity index (χ1n) is 4.61. The highest BCUT2D eigenvalue weighted by molar-refractivity contribution is 5.81. The fourth-order valence-corrected chi connectivity index (χ4v) is 1.63. The van der Waals surface area contributed by atoms with E-state index in [1.165, 1.54) is 12.3 Å². The molecule has 2 nitrogen and oxygen atoms in total. The van der Waals surface area contributed by atoms with E-state index in [0.29, 0.717) is 5.39 Å². The molecule has 2 aromatic rings. The molecule has 80 valence electrons. The highest BCUT2D eigenvalue weighted by atomic mass is 19.1. The van der Waals surface area contributed by atoms with Crippen molar-refractivity contribution in [1.29, 1.82) is 0 Å². The predicted octanol–water partition coefficient (Wildman–Crippen LogP) is 2.63. The summed E-state index contributed by atoms with van der Waals surface area (Å²) in [5.41, 5.74) is 0.321. The lowest BCUT2D eigenvalue weighted by atomic mass is 10.0. The smallest absolute Gasteiger partial charge is 0.169 e. The molecular formula is C11H10F2O2. The van der Waals surface area contributed by atoms with Crippen LogP contribution in [0.25, 0.3) is 11.0 Å². The van der Waals surface area contributed by atoms with Gasteiger partial charge in [0.2, 0.25) is 0 Å². The van der Waals surface area contributed by atoms with Crippen molar-refractivity contribution in [3.8, 4) is 0 Å². The molecule has 1 heterocycles. The molecule has 0 aliphatic carbocycles. The Labute approximate surface area is 85.1 Å². The third-order valence-electron chi connectivity index (χ3n) is 2.25. The molecular weight excluding hydrogens is 202 g/mol. The van der Waals surface area contributed by atoms with Crippen molar-refractivity contribution >= 4 is 11.0 Å². The van der Waals surface area contributed by atoms with Gasteiger partial charge in [0, 0.05) is 23.4 Å². The van der Waals surface area contributed by atoms with E-state index in [1.54, 1.807) is 6.92 Å². The minimum Gasteiger partial charge on any atom is -0.461 e. The number of hydrogen-bond donors (Lipinski definition) is 1. The molecule has 1 atom stereocenters. The molecule has 2 rings (SSSR count). The molecule has 0 aliphatic heterocycles. The van der Waals surface area contributed by atoms with Crippen molar-refractivity contribution in [1.82, 2.24) is 0 Å². The van der Waals surface area contributed by atoms with E-state index in [-0.39, 0.29) is 17.6 Å². The van der Waals surface area contributed by atoms with Crippen LogP contribution in [0.2, 0.25) is 0 Å². The van der Waals surface area contributed by atoms with Crippen LogP contribution in [-0.2, 0) is 6.42 Å². The molecule has 1 aromatic heterocycles. The van der Waals surface area contributed by atoms with Gasteiger partial charge in [-0.15, -0.1) is 0 Å². The summed E-state index contributed by atoms with van der Waals surface area (Å²) in [5.74, 6) is -1.37. The molecule has 0 saturated heterocycles. The summed E-state index contributed by atoms with van der Waals surface area (Å²) in [5, 5.41) is 9.59. The normalized spacial score (nSPS) is 13.3. The van der Waals surface area contributed by atoms with Crippen LogP contribution >= 0.6 is 0 Å². The SMILES string of the molecule is CC(O)Cc1c(F)cc(F)c2occc12. The monoisotopic (exact) mass is 212 g/mol. The number of halogens is 2. The summed E-state index contributed by atoms with van der Waals surface area (Å²) < 4.78 is 31.5. The second-order valence-corrected chi connectivity index (χ2v) is 3.54. The van der Waals surface area contributed by atoms with Crippen molar-refractivity contribution in [2.75, 3.05) is 0 Å². The van der Waals surface area contributed by atoms with Gasteiger partial charge in [0.05, 0.1) is 12.4 Å². The minimum absolute atomic E-state index is 0.0343. The van der Waals surface area contributed by atoms with Gasteiger partial charge in [0.25, 0.3) is 0 Å². The van der Waals surface area contributed by atoms with Gasteiger partial charge < -0.3 is 9.52 Å². The van der Waals surface area contributed by atoms with Crippen LogP contribution in [0.15, 0.2) is 22.8 Å². The molecule has 0 amide bonds. The summed E-state index contributed by atoms with van der Waals surface area (Å²) >= 11 is 0. The molecule has 15 heavy (non-hydrogen) atoms. The Kier molecular flexibility index (Phi) is 2.44. The van der Waals surface area contributed by atoms with E-state index in [4.69, 9.17) is 4.42 Å². The van der Waals surface area contributed by atoms with Gasteiger partial charge >= 0.3 is 0 Å².